The molecule has 188 valence electrons. The minimum atomic E-state index is -5.07. The number of carbonyl (C=O) groups is 1. The maximum Gasteiger partial charge on any atom is 0.425 e. The standard InChI is InChI=1S/C21H19F6N5O3/c1-2-3-4-34-17-10-30-15(9-31-17)19(33)32-12-6-13(18(24)14(23)7-12)11(8-22)5-16(21(25,26)27)35-20(28)29/h6-7,9-11,16H,4-5,8H2,1H3,(H3,28,29)(H,32,33)/t11-,16-/m0/s1. The Morgan fingerprint density at radius 2 is 1.97 bits per heavy atom. The lowest BCUT2D eigenvalue weighted by atomic mass is 9.92. The number of alkyl halides is 4. The van der Waals surface area contributed by atoms with Crippen LogP contribution in [-0.2, 0) is 4.74 Å². The summed E-state index contributed by atoms with van der Waals surface area (Å²) in [5, 5.41) is 9.08. The topological polar surface area (TPSA) is 123 Å². The van der Waals surface area contributed by atoms with Crippen LogP contribution in [0.4, 0.5) is 32.0 Å². The van der Waals surface area contributed by atoms with Crippen molar-refractivity contribution in [2.75, 3.05) is 18.6 Å². The van der Waals surface area contributed by atoms with E-state index >= 15 is 0 Å². The van der Waals surface area contributed by atoms with Crippen LogP contribution in [0.2, 0.25) is 0 Å². The van der Waals surface area contributed by atoms with Crippen LogP contribution >= 0.6 is 0 Å². The van der Waals surface area contributed by atoms with Gasteiger partial charge in [-0.25, -0.2) is 18.7 Å². The van der Waals surface area contributed by atoms with Gasteiger partial charge in [0.2, 0.25) is 5.88 Å². The molecule has 2 atom stereocenters. The van der Waals surface area contributed by atoms with E-state index in [0.29, 0.717) is 6.07 Å². The molecule has 0 fully saturated rings. The van der Waals surface area contributed by atoms with Crippen LogP contribution in [0.15, 0.2) is 24.5 Å². The van der Waals surface area contributed by atoms with Crippen molar-refractivity contribution in [3.05, 3.63) is 47.4 Å². The van der Waals surface area contributed by atoms with Crippen LogP contribution in [0.25, 0.3) is 0 Å². The fourth-order valence-corrected chi connectivity index (χ4v) is 2.80. The first-order valence-corrected chi connectivity index (χ1v) is 9.74. The molecule has 2 aromatic rings. The van der Waals surface area contributed by atoms with Crippen molar-refractivity contribution >= 4 is 17.6 Å². The summed E-state index contributed by atoms with van der Waals surface area (Å²) >= 11 is 0. The first-order chi connectivity index (χ1) is 16.5. The first kappa shape index (κ1) is 27.2. The largest absolute Gasteiger partial charge is 0.463 e. The van der Waals surface area contributed by atoms with Gasteiger partial charge in [0, 0.05) is 24.1 Å². The molecule has 0 aliphatic rings. The van der Waals surface area contributed by atoms with Gasteiger partial charge in [0.05, 0.1) is 19.1 Å². The summed E-state index contributed by atoms with van der Waals surface area (Å²) in [6.07, 6.45) is -6.88. The number of nitrogens with two attached hydrogens (primary N) is 1. The zero-order valence-corrected chi connectivity index (χ0v) is 18.0. The van der Waals surface area contributed by atoms with Crippen LogP contribution in [0.5, 0.6) is 5.88 Å². The Hall–Kier alpha value is -4.02. The molecule has 2 rings (SSSR count). The number of aromatic nitrogens is 2. The van der Waals surface area contributed by atoms with Crippen LogP contribution in [-0.4, -0.2) is 47.5 Å². The van der Waals surface area contributed by atoms with E-state index in [-0.39, 0.29) is 23.9 Å². The van der Waals surface area contributed by atoms with Gasteiger partial charge >= 0.3 is 6.18 Å². The average Bonchev–Trinajstić information content (AvgIpc) is 2.78. The number of carbonyl (C=O) groups excluding carboxylic acids is 1. The number of amidine groups is 1. The Kier molecular flexibility index (Phi) is 9.26. The van der Waals surface area contributed by atoms with Gasteiger partial charge in [-0.05, 0) is 18.6 Å². The molecule has 0 aliphatic heterocycles. The molecule has 1 aromatic heterocycles. The zero-order valence-electron chi connectivity index (χ0n) is 18.0. The molecule has 0 saturated heterocycles. The molecule has 1 heterocycles. The van der Waals surface area contributed by atoms with Gasteiger partial charge in [-0.3, -0.25) is 14.6 Å². The summed E-state index contributed by atoms with van der Waals surface area (Å²) in [4.78, 5) is 20.0. The fourth-order valence-electron chi connectivity index (χ4n) is 2.80. The predicted molar refractivity (Wildman–Crippen MR) is 111 cm³/mol. The second-order valence-electron chi connectivity index (χ2n) is 6.87. The molecule has 0 unspecified atom stereocenters. The maximum absolute atomic E-state index is 14.4. The van der Waals surface area contributed by atoms with Crippen LogP contribution in [0, 0.1) is 28.9 Å². The summed E-state index contributed by atoms with van der Waals surface area (Å²) in [7, 11) is 0. The number of anilines is 1. The van der Waals surface area contributed by atoms with E-state index < -0.39 is 60.4 Å². The third kappa shape index (κ3) is 7.76. The predicted octanol–water partition coefficient (Wildman–Crippen LogP) is 3.69. The Bertz CT molecular complexity index is 1120. The number of rotatable bonds is 9. The van der Waals surface area contributed by atoms with Crippen LogP contribution < -0.4 is 15.8 Å². The second-order valence-corrected chi connectivity index (χ2v) is 6.87. The summed E-state index contributed by atoms with van der Waals surface area (Å²) in [6.45, 7) is 0.115. The number of hydrogen-bond donors (Lipinski definition) is 3. The highest BCUT2D eigenvalue weighted by molar-refractivity contribution is 6.02. The lowest BCUT2D eigenvalue weighted by molar-refractivity contribution is -0.202. The Morgan fingerprint density at radius 3 is 2.51 bits per heavy atom. The Balaban J connectivity index is 2.25. The molecule has 0 bridgehead atoms. The highest BCUT2D eigenvalue weighted by atomic mass is 19.4. The second kappa shape index (κ2) is 11.9. The summed E-state index contributed by atoms with van der Waals surface area (Å²) in [5.74, 6) is -0.611. The molecule has 8 nitrogen and oxygen atoms in total. The van der Waals surface area contributed by atoms with Crippen molar-refractivity contribution in [2.45, 2.75) is 31.5 Å². The third-order valence-corrected chi connectivity index (χ3v) is 4.40. The number of halogens is 6. The van der Waals surface area contributed by atoms with Gasteiger partial charge in [0.25, 0.3) is 11.9 Å². The number of hydrogen-bond acceptors (Lipinski definition) is 6. The maximum atomic E-state index is 14.4. The van der Waals surface area contributed by atoms with E-state index in [2.05, 4.69) is 31.9 Å². The summed E-state index contributed by atoms with van der Waals surface area (Å²) in [6, 6.07) is 0.0671. The van der Waals surface area contributed by atoms with Crippen LogP contribution in [0.1, 0.15) is 35.3 Å². The normalized spacial score (nSPS) is 12.7. The number of ether oxygens (including phenoxy) is 2. The molecule has 14 heteroatoms. The molecule has 0 aliphatic carbocycles. The monoisotopic (exact) mass is 503 g/mol. The zero-order chi connectivity index (χ0) is 26.2. The molecular formula is C21H19F6N5O3. The third-order valence-electron chi connectivity index (χ3n) is 4.40. The van der Waals surface area contributed by atoms with Gasteiger partial charge in [0.15, 0.2) is 24.3 Å². The van der Waals surface area contributed by atoms with Crippen molar-refractivity contribution < 1.29 is 40.6 Å². The number of nitrogens with one attached hydrogen (secondary N) is 2. The smallest absolute Gasteiger partial charge is 0.425 e. The van der Waals surface area contributed by atoms with E-state index in [0.717, 1.165) is 18.5 Å². The van der Waals surface area contributed by atoms with E-state index in [4.69, 9.17) is 15.9 Å². The number of nitrogens with zero attached hydrogens (tertiary/aromatic N) is 2. The van der Waals surface area contributed by atoms with Crippen molar-refractivity contribution in [3.63, 3.8) is 0 Å². The van der Waals surface area contributed by atoms with Gasteiger partial charge in [-0.1, -0.05) is 5.92 Å². The molecule has 1 amide bonds. The summed E-state index contributed by atoms with van der Waals surface area (Å²) < 4.78 is 91.0. The van der Waals surface area contributed by atoms with Crippen molar-refractivity contribution in [2.24, 2.45) is 5.73 Å². The van der Waals surface area contributed by atoms with Gasteiger partial charge in [-0.15, -0.1) is 5.92 Å². The van der Waals surface area contributed by atoms with Gasteiger partial charge < -0.3 is 20.5 Å². The van der Waals surface area contributed by atoms with E-state index in [1.165, 1.54) is 0 Å². The van der Waals surface area contributed by atoms with Crippen molar-refractivity contribution in [1.29, 1.82) is 5.41 Å². The average molecular weight is 503 g/mol. The number of amides is 1. The molecule has 1 aromatic carbocycles. The highest BCUT2D eigenvalue weighted by Gasteiger charge is 2.44. The van der Waals surface area contributed by atoms with Gasteiger partial charge in [-0.2, -0.15) is 13.2 Å². The fraction of sp³-hybridized carbons (Fsp3) is 0.333. The quantitative estimate of drug-likeness (QED) is 0.208. The molecule has 4 N–H and O–H groups in total. The summed E-state index contributed by atoms with van der Waals surface area (Å²) in [5.41, 5.74) is 3.43. The van der Waals surface area contributed by atoms with Gasteiger partial charge in [0.1, 0.15) is 5.69 Å². The SMILES string of the molecule is CC#CCOc1cnc(C(=O)Nc2cc(F)c(F)c([C@H](CF)C[C@H](OC(=N)N)C(F)(F)F)c2)cn1. The Morgan fingerprint density at radius 1 is 1.26 bits per heavy atom. The lowest BCUT2D eigenvalue weighted by Gasteiger charge is -2.25. The van der Waals surface area contributed by atoms with E-state index in [9.17, 15) is 31.1 Å². The molecule has 35 heavy (non-hydrogen) atoms. The highest BCUT2D eigenvalue weighted by Crippen LogP contribution is 2.35. The van der Waals surface area contributed by atoms with E-state index in [1.54, 1.807) is 6.92 Å². The minimum Gasteiger partial charge on any atom is -0.463 e. The lowest BCUT2D eigenvalue weighted by Crippen LogP contribution is -2.37. The first-order valence-electron chi connectivity index (χ1n) is 9.74. The molecular weight excluding hydrogens is 484 g/mol. The molecule has 0 saturated carbocycles. The van der Waals surface area contributed by atoms with Crippen LogP contribution in [0.3, 0.4) is 0 Å². The van der Waals surface area contributed by atoms with E-state index in [1.807, 2.05) is 0 Å². The van der Waals surface area contributed by atoms with Crippen molar-refractivity contribution in [1.82, 2.24) is 9.97 Å². The molecule has 0 spiro atoms. The Labute approximate surface area is 195 Å². The molecule has 0 radical (unpaired) electrons. The van der Waals surface area contributed by atoms with Crippen molar-refractivity contribution in [3.8, 4) is 17.7 Å². The number of benzene rings is 1. The minimum absolute atomic E-state index is 0.0384.